The minimum Gasteiger partial charge on any atom is -0.494 e. The highest BCUT2D eigenvalue weighted by Gasteiger charge is 2.11. The average molecular weight is 264 g/mol. The van der Waals surface area contributed by atoms with E-state index >= 15 is 0 Å². The van der Waals surface area contributed by atoms with Crippen LogP contribution < -0.4 is 4.74 Å². The Kier molecular flexibility index (Phi) is 3.48. The van der Waals surface area contributed by atoms with Gasteiger partial charge < -0.3 is 9.84 Å². The van der Waals surface area contributed by atoms with Gasteiger partial charge in [-0.25, -0.2) is 4.79 Å². The monoisotopic (exact) mass is 263 g/mol. The summed E-state index contributed by atoms with van der Waals surface area (Å²) in [6, 6.07) is 8.05. The molecule has 4 nitrogen and oxygen atoms in total. The number of aromatic carboxylic acids is 1. The quantitative estimate of drug-likeness (QED) is 0.924. The number of rotatable bonds is 3. The number of halogens is 1. The van der Waals surface area contributed by atoms with Crippen molar-refractivity contribution in [2.24, 2.45) is 0 Å². The van der Waals surface area contributed by atoms with Crippen LogP contribution in [0.25, 0.3) is 11.3 Å². The molecule has 0 unspecified atom stereocenters. The molecule has 0 fully saturated rings. The number of hydrogen-bond donors (Lipinski definition) is 1. The third-order valence-corrected chi connectivity index (χ3v) is 2.63. The number of carboxylic acids is 1. The lowest BCUT2D eigenvalue weighted by molar-refractivity contribution is 0.0697. The zero-order valence-electron chi connectivity index (χ0n) is 9.55. The maximum Gasteiger partial charge on any atom is 0.335 e. The molecule has 2 rings (SSSR count). The van der Waals surface area contributed by atoms with Crippen LogP contribution in [0.1, 0.15) is 10.4 Å². The molecule has 0 saturated heterocycles. The second-order valence-corrected chi connectivity index (χ2v) is 4.02. The summed E-state index contributed by atoms with van der Waals surface area (Å²) in [6.45, 7) is 0. The van der Waals surface area contributed by atoms with E-state index in [9.17, 15) is 4.79 Å². The van der Waals surface area contributed by atoms with E-state index in [0.717, 1.165) is 0 Å². The Morgan fingerprint density at radius 1 is 1.39 bits per heavy atom. The lowest BCUT2D eigenvalue weighted by Crippen LogP contribution is -1.97. The molecule has 5 heteroatoms. The zero-order valence-corrected chi connectivity index (χ0v) is 10.3. The van der Waals surface area contributed by atoms with E-state index in [1.54, 1.807) is 24.4 Å². The average Bonchev–Trinajstić information content (AvgIpc) is 2.38. The van der Waals surface area contributed by atoms with Crippen LogP contribution in [0, 0.1) is 0 Å². The summed E-state index contributed by atoms with van der Waals surface area (Å²) in [6.07, 6.45) is 1.61. The molecule has 1 N–H and O–H groups in total. The van der Waals surface area contributed by atoms with Gasteiger partial charge in [0.25, 0.3) is 0 Å². The van der Waals surface area contributed by atoms with Crippen LogP contribution in [0.2, 0.25) is 5.02 Å². The van der Waals surface area contributed by atoms with Gasteiger partial charge >= 0.3 is 5.97 Å². The van der Waals surface area contributed by atoms with E-state index in [4.69, 9.17) is 21.4 Å². The zero-order chi connectivity index (χ0) is 13.1. The third kappa shape index (κ3) is 2.43. The first-order valence-corrected chi connectivity index (χ1v) is 5.53. The number of hydrogen-bond acceptors (Lipinski definition) is 3. The van der Waals surface area contributed by atoms with Crippen LogP contribution in [0.15, 0.2) is 36.5 Å². The van der Waals surface area contributed by atoms with Crippen molar-refractivity contribution < 1.29 is 14.6 Å². The maximum atomic E-state index is 11.0. The molecule has 2 aromatic rings. The molecule has 0 saturated carbocycles. The van der Waals surface area contributed by atoms with Gasteiger partial charge in [0.15, 0.2) is 0 Å². The van der Waals surface area contributed by atoms with Gasteiger partial charge in [-0.05, 0) is 30.3 Å². The molecule has 0 radical (unpaired) electrons. The summed E-state index contributed by atoms with van der Waals surface area (Å²) >= 11 is 5.91. The standard InChI is InChI=1S/C13H10ClNO3/c1-18-11-3-2-4-15-12(11)8-5-9(13(16)17)7-10(14)6-8/h2-7H,1H3,(H,16,17). The largest absolute Gasteiger partial charge is 0.494 e. The highest BCUT2D eigenvalue weighted by atomic mass is 35.5. The van der Waals surface area contributed by atoms with Crippen LogP contribution in [0.5, 0.6) is 5.75 Å². The van der Waals surface area contributed by atoms with Gasteiger partial charge in [0.05, 0.1) is 12.7 Å². The van der Waals surface area contributed by atoms with E-state index in [2.05, 4.69) is 4.98 Å². The van der Waals surface area contributed by atoms with Crippen molar-refractivity contribution >= 4 is 17.6 Å². The molecule has 0 atom stereocenters. The summed E-state index contributed by atoms with van der Waals surface area (Å²) in [7, 11) is 1.53. The molecular formula is C13H10ClNO3. The lowest BCUT2D eigenvalue weighted by atomic mass is 10.1. The van der Waals surface area contributed by atoms with Crippen LogP contribution in [-0.2, 0) is 0 Å². The van der Waals surface area contributed by atoms with E-state index in [1.165, 1.54) is 19.2 Å². The van der Waals surface area contributed by atoms with E-state index in [-0.39, 0.29) is 5.56 Å². The summed E-state index contributed by atoms with van der Waals surface area (Å²) < 4.78 is 5.19. The summed E-state index contributed by atoms with van der Waals surface area (Å²) in [5.74, 6) is -0.468. The Bertz CT molecular complexity index is 599. The topological polar surface area (TPSA) is 59.4 Å². The van der Waals surface area contributed by atoms with E-state index in [1.807, 2.05) is 0 Å². The van der Waals surface area contributed by atoms with Crippen molar-refractivity contribution in [3.05, 3.63) is 47.1 Å². The lowest BCUT2D eigenvalue weighted by Gasteiger charge is -2.08. The summed E-state index contributed by atoms with van der Waals surface area (Å²) in [5, 5.41) is 9.34. The molecule has 1 heterocycles. The molecule has 92 valence electrons. The van der Waals surface area contributed by atoms with Gasteiger partial charge in [0.2, 0.25) is 0 Å². The van der Waals surface area contributed by atoms with Gasteiger partial charge in [-0.1, -0.05) is 11.6 Å². The van der Waals surface area contributed by atoms with Crippen molar-refractivity contribution in [1.29, 1.82) is 0 Å². The van der Waals surface area contributed by atoms with Crippen molar-refractivity contribution in [3.8, 4) is 17.0 Å². The van der Waals surface area contributed by atoms with E-state index in [0.29, 0.717) is 22.0 Å². The SMILES string of the molecule is COc1cccnc1-c1cc(Cl)cc(C(=O)O)c1. The highest BCUT2D eigenvalue weighted by Crippen LogP contribution is 2.30. The van der Waals surface area contributed by atoms with Crippen LogP contribution in [0.4, 0.5) is 0 Å². The first-order chi connectivity index (χ1) is 8.61. The van der Waals surface area contributed by atoms with Gasteiger partial charge in [-0.3, -0.25) is 4.98 Å². The minimum atomic E-state index is -1.03. The fraction of sp³-hybridized carbons (Fsp3) is 0.0769. The molecule has 18 heavy (non-hydrogen) atoms. The first-order valence-electron chi connectivity index (χ1n) is 5.15. The Balaban J connectivity index is 2.60. The van der Waals surface area contributed by atoms with Crippen LogP contribution in [0.3, 0.4) is 0 Å². The maximum absolute atomic E-state index is 11.0. The molecular weight excluding hydrogens is 254 g/mol. The predicted molar refractivity (Wildman–Crippen MR) is 68.2 cm³/mol. The Morgan fingerprint density at radius 3 is 2.83 bits per heavy atom. The molecule has 0 aliphatic rings. The summed E-state index contributed by atoms with van der Waals surface area (Å²) in [5.41, 5.74) is 1.28. The fourth-order valence-electron chi connectivity index (χ4n) is 1.62. The normalized spacial score (nSPS) is 10.1. The molecule has 0 bridgehead atoms. The highest BCUT2D eigenvalue weighted by molar-refractivity contribution is 6.31. The number of pyridine rings is 1. The minimum absolute atomic E-state index is 0.116. The molecule has 1 aromatic heterocycles. The second-order valence-electron chi connectivity index (χ2n) is 3.59. The van der Waals surface area contributed by atoms with Crippen molar-refractivity contribution in [2.45, 2.75) is 0 Å². The van der Waals surface area contributed by atoms with Crippen molar-refractivity contribution in [1.82, 2.24) is 4.98 Å². The Hall–Kier alpha value is -2.07. The number of ether oxygens (including phenoxy) is 1. The molecule has 0 aliphatic heterocycles. The number of methoxy groups -OCH3 is 1. The van der Waals surface area contributed by atoms with Gasteiger partial charge in [-0.15, -0.1) is 0 Å². The molecule has 0 amide bonds. The second kappa shape index (κ2) is 5.06. The molecule has 0 aliphatic carbocycles. The third-order valence-electron chi connectivity index (χ3n) is 2.41. The number of carbonyl (C=O) groups is 1. The number of carboxylic acid groups (broad SMARTS) is 1. The smallest absolute Gasteiger partial charge is 0.335 e. The van der Waals surface area contributed by atoms with Crippen molar-refractivity contribution in [2.75, 3.05) is 7.11 Å². The first kappa shape index (κ1) is 12.4. The van der Waals surface area contributed by atoms with Crippen LogP contribution >= 0.6 is 11.6 Å². The van der Waals surface area contributed by atoms with E-state index < -0.39 is 5.97 Å². The van der Waals surface area contributed by atoms with Gasteiger partial charge in [0, 0.05) is 16.8 Å². The van der Waals surface area contributed by atoms with Gasteiger partial charge in [0.1, 0.15) is 11.4 Å². The molecule has 1 aromatic carbocycles. The van der Waals surface area contributed by atoms with Crippen molar-refractivity contribution in [3.63, 3.8) is 0 Å². The Morgan fingerprint density at radius 2 is 2.17 bits per heavy atom. The Labute approximate surface area is 109 Å². The number of benzene rings is 1. The fourth-order valence-corrected chi connectivity index (χ4v) is 1.86. The van der Waals surface area contributed by atoms with Gasteiger partial charge in [-0.2, -0.15) is 0 Å². The molecule has 0 spiro atoms. The summed E-state index contributed by atoms with van der Waals surface area (Å²) in [4.78, 5) is 15.2. The number of nitrogens with zero attached hydrogens (tertiary/aromatic N) is 1. The predicted octanol–water partition coefficient (Wildman–Crippen LogP) is 3.11. The van der Waals surface area contributed by atoms with Crippen LogP contribution in [-0.4, -0.2) is 23.2 Å². The number of aromatic nitrogens is 1.